The number of carbonyl (C=O) groups excluding carboxylic acids is 1. The molecule has 0 atom stereocenters. The topological polar surface area (TPSA) is 45.2 Å². The van der Waals surface area contributed by atoms with Crippen LogP contribution in [0.2, 0.25) is 0 Å². The zero-order valence-electron chi connectivity index (χ0n) is 10.5. The van der Waals surface area contributed by atoms with Crippen molar-refractivity contribution in [3.8, 4) is 0 Å². The molecule has 0 aliphatic carbocycles. The van der Waals surface area contributed by atoms with Gasteiger partial charge in [0, 0.05) is 10.7 Å². The largest absolute Gasteiger partial charge is 0.310 e. The highest BCUT2D eigenvalue weighted by Crippen LogP contribution is 2.16. The lowest BCUT2D eigenvalue weighted by atomic mass is 9.99. The predicted octanol–water partition coefficient (Wildman–Crippen LogP) is 2.51. The lowest BCUT2D eigenvalue weighted by Crippen LogP contribution is -2.38. The highest BCUT2D eigenvalue weighted by atomic mass is 79.9. The third-order valence-corrected chi connectivity index (χ3v) is 3.73. The fourth-order valence-corrected chi connectivity index (χ4v) is 2.41. The summed E-state index contributed by atoms with van der Waals surface area (Å²) in [5, 5.41) is 2.82. The van der Waals surface area contributed by atoms with Crippen molar-refractivity contribution in [2.45, 2.75) is 19.8 Å². The van der Waals surface area contributed by atoms with Crippen LogP contribution in [0, 0.1) is 5.92 Å². The van der Waals surface area contributed by atoms with Gasteiger partial charge in [-0.25, -0.2) is 4.98 Å². The van der Waals surface area contributed by atoms with E-state index in [0.717, 1.165) is 23.5 Å². The van der Waals surface area contributed by atoms with Gasteiger partial charge in [0.15, 0.2) is 0 Å². The number of halogens is 1. The fraction of sp³-hybridized carbons (Fsp3) is 0.538. The van der Waals surface area contributed by atoms with E-state index in [1.165, 1.54) is 12.8 Å². The number of hydrogen-bond donors (Lipinski definition) is 1. The van der Waals surface area contributed by atoms with Crippen LogP contribution in [0.4, 0.5) is 5.82 Å². The van der Waals surface area contributed by atoms with Crippen molar-refractivity contribution in [1.82, 2.24) is 9.88 Å². The molecule has 0 spiro atoms. The molecule has 98 valence electrons. The molecule has 1 aliphatic rings. The van der Waals surface area contributed by atoms with E-state index in [1.807, 2.05) is 6.07 Å². The number of nitrogens with one attached hydrogen (secondary N) is 1. The van der Waals surface area contributed by atoms with E-state index in [4.69, 9.17) is 0 Å². The summed E-state index contributed by atoms with van der Waals surface area (Å²) in [5.74, 6) is 1.39. The summed E-state index contributed by atoms with van der Waals surface area (Å²) >= 11 is 3.36. The molecule has 0 aromatic carbocycles. The van der Waals surface area contributed by atoms with E-state index in [9.17, 15) is 4.79 Å². The first-order valence-corrected chi connectivity index (χ1v) is 7.06. The Bertz CT molecular complexity index is 416. The molecule has 0 unspecified atom stereocenters. The molecule has 2 heterocycles. The van der Waals surface area contributed by atoms with Crippen molar-refractivity contribution in [2.75, 3.05) is 25.0 Å². The Hall–Kier alpha value is -0.940. The summed E-state index contributed by atoms with van der Waals surface area (Å²) in [6.45, 7) is 4.75. The summed E-state index contributed by atoms with van der Waals surface area (Å²) < 4.78 is 0.916. The number of carbonyl (C=O) groups is 1. The summed E-state index contributed by atoms with van der Waals surface area (Å²) in [6.07, 6.45) is 4.03. The Labute approximate surface area is 116 Å². The number of amides is 1. The maximum Gasteiger partial charge on any atom is 0.239 e. The first kappa shape index (κ1) is 13.5. The zero-order valence-corrected chi connectivity index (χ0v) is 12.1. The van der Waals surface area contributed by atoms with Gasteiger partial charge in [-0.15, -0.1) is 0 Å². The highest BCUT2D eigenvalue weighted by Gasteiger charge is 2.17. The van der Waals surface area contributed by atoms with Gasteiger partial charge in [-0.2, -0.15) is 0 Å². The second-order valence-corrected chi connectivity index (χ2v) is 5.78. The number of likely N-dealkylation sites (tertiary alicyclic amines) is 1. The van der Waals surface area contributed by atoms with Gasteiger partial charge in [-0.3, -0.25) is 9.69 Å². The molecular formula is C13H18BrN3O. The van der Waals surface area contributed by atoms with Crippen molar-refractivity contribution in [3.63, 3.8) is 0 Å². The van der Waals surface area contributed by atoms with Gasteiger partial charge in [0.1, 0.15) is 5.82 Å². The first-order valence-electron chi connectivity index (χ1n) is 6.27. The standard InChI is InChI=1S/C13H18BrN3O/c1-10-3-6-17(7-4-10)9-13(18)16-12-8-11(14)2-5-15-12/h2,5,8,10H,3-4,6-7,9H2,1H3,(H,15,16,18). The summed E-state index contributed by atoms with van der Waals surface area (Å²) in [4.78, 5) is 18.2. The smallest absolute Gasteiger partial charge is 0.239 e. The Morgan fingerprint density at radius 2 is 2.28 bits per heavy atom. The minimum absolute atomic E-state index is 0.00940. The monoisotopic (exact) mass is 311 g/mol. The van der Waals surface area contributed by atoms with Gasteiger partial charge < -0.3 is 5.32 Å². The van der Waals surface area contributed by atoms with Gasteiger partial charge in [0.05, 0.1) is 6.54 Å². The number of anilines is 1. The Balaban J connectivity index is 1.82. The maximum absolute atomic E-state index is 11.9. The number of hydrogen-bond acceptors (Lipinski definition) is 3. The SMILES string of the molecule is CC1CCN(CC(=O)Nc2cc(Br)ccn2)CC1. The van der Waals surface area contributed by atoms with Crippen molar-refractivity contribution in [2.24, 2.45) is 5.92 Å². The molecule has 0 saturated carbocycles. The minimum atomic E-state index is 0.00940. The van der Waals surface area contributed by atoms with Crippen LogP contribution < -0.4 is 5.32 Å². The van der Waals surface area contributed by atoms with Gasteiger partial charge in [-0.1, -0.05) is 22.9 Å². The molecule has 1 amide bonds. The van der Waals surface area contributed by atoms with Crippen LogP contribution in [0.25, 0.3) is 0 Å². The van der Waals surface area contributed by atoms with Gasteiger partial charge in [0.25, 0.3) is 0 Å². The number of pyridine rings is 1. The third-order valence-electron chi connectivity index (χ3n) is 3.23. The summed E-state index contributed by atoms with van der Waals surface area (Å²) in [6, 6.07) is 3.64. The molecule has 1 aromatic heterocycles. The molecule has 0 bridgehead atoms. The van der Waals surface area contributed by atoms with Gasteiger partial charge in [0.2, 0.25) is 5.91 Å². The number of nitrogens with zero attached hydrogens (tertiary/aromatic N) is 2. The lowest BCUT2D eigenvalue weighted by molar-refractivity contribution is -0.117. The molecular weight excluding hydrogens is 294 g/mol. The van der Waals surface area contributed by atoms with Crippen LogP contribution in [0.15, 0.2) is 22.8 Å². The normalized spacial score (nSPS) is 17.7. The molecule has 1 fully saturated rings. The van der Waals surface area contributed by atoms with E-state index in [-0.39, 0.29) is 5.91 Å². The fourth-order valence-electron chi connectivity index (χ4n) is 2.08. The quantitative estimate of drug-likeness (QED) is 0.933. The van der Waals surface area contributed by atoms with E-state index < -0.39 is 0 Å². The second-order valence-electron chi connectivity index (χ2n) is 4.87. The van der Waals surface area contributed by atoms with E-state index in [2.05, 4.69) is 38.1 Å². The van der Waals surface area contributed by atoms with Crippen LogP contribution >= 0.6 is 15.9 Å². The molecule has 1 aliphatic heterocycles. The van der Waals surface area contributed by atoms with E-state index >= 15 is 0 Å². The zero-order chi connectivity index (χ0) is 13.0. The lowest BCUT2D eigenvalue weighted by Gasteiger charge is -2.29. The number of piperidine rings is 1. The Kier molecular flexibility index (Phi) is 4.72. The average Bonchev–Trinajstić information content (AvgIpc) is 2.32. The molecule has 18 heavy (non-hydrogen) atoms. The van der Waals surface area contributed by atoms with Gasteiger partial charge in [-0.05, 0) is 44.0 Å². The molecule has 5 heteroatoms. The third kappa shape index (κ3) is 4.07. The molecule has 1 N–H and O–H groups in total. The van der Waals surface area contributed by atoms with Crippen molar-refractivity contribution < 1.29 is 4.79 Å². The van der Waals surface area contributed by atoms with Crippen molar-refractivity contribution >= 4 is 27.7 Å². The Morgan fingerprint density at radius 1 is 1.56 bits per heavy atom. The van der Waals surface area contributed by atoms with Crippen molar-refractivity contribution in [3.05, 3.63) is 22.8 Å². The molecule has 1 saturated heterocycles. The molecule has 1 aromatic rings. The summed E-state index contributed by atoms with van der Waals surface area (Å²) in [5.41, 5.74) is 0. The first-order chi connectivity index (χ1) is 8.63. The number of rotatable bonds is 3. The Morgan fingerprint density at radius 3 is 2.94 bits per heavy atom. The highest BCUT2D eigenvalue weighted by molar-refractivity contribution is 9.10. The molecule has 0 radical (unpaired) electrons. The number of aromatic nitrogens is 1. The van der Waals surface area contributed by atoms with Crippen LogP contribution in [0.5, 0.6) is 0 Å². The maximum atomic E-state index is 11.9. The van der Waals surface area contributed by atoms with E-state index in [1.54, 1.807) is 12.3 Å². The summed E-state index contributed by atoms with van der Waals surface area (Å²) in [7, 11) is 0. The van der Waals surface area contributed by atoms with Crippen molar-refractivity contribution in [1.29, 1.82) is 0 Å². The van der Waals surface area contributed by atoms with E-state index in [0.29, 0.717) is 12.4 Å². The predicted molar refractivity (Wildman–Crippen MR) is 75.4 cm³/mol. The molecule has 4 nitrogen and oxygen atoms in total. The second kappa shape index (κ2) is 6.29. The van der Waals surface area contributed by atoms with Crippen LogP contribution in [0.1, 0.15) is 19.8 Å². The van der Waals surface area contributed by atoms with Crippen LogP contribution in [-0.2, 0) is 4.79 Å². The van der Waals surface area contributed by atoms with Crippen LogP contribution in [-0.4, -0.2) is 35.4 Å². The minimum Gasteiger partial charge on any atom is -0.310 e. The van der Waals surface area contributed by atoms with Gasteiger partial charge >= 0.3 is 0 Å². The van der Waals surface area contributed by atoms with Crippen LogP contribution in [0.3, 0.4) is 0 Å². The molecule has 2 rings (SSSR count). The average molecular weight is 312 g/mol.